The second kappa shape index (κ2) is 6.87. The van der Waals surface area contributed by atoms with E-state index >= 15 is 0 Å². The van der Waals surface area contributed by atoms with E-state index in [0.29, 0.717) is 0 Å². The summed E-state index contributed by atoms with van der Waals surface area (Å²) < 4.78 is 0. The van der Waals surface area contributed by atoms with Crippen LogP contribution in [0.3, 0.4) is 0 Å². The van der Waals surface area contributed by atoms with Crippen molar-refractivity contribution in [2.45, 2.75) is 23.3 Å². The molecule has 2 fully saturated rings. The van der Waals surface area contributed by atoms with Crippen LogP contribution < -0.4 is 0 Å². The molecule has 2 saturated heterocycles. The lowest BCUT2D eigenvalue weighted by Gasteiger charge is -2.00. The van der Waals surface area contributed by atoms with E-state index in [4.69, 9.17) is 0 Å². The summed E-state index contributed by atoms with van der Waals surface area (Å²) in [5.41, 5.74) is 0. The van der Waals surface area contributed by atoms with Crippen molar-refractivity contribution in [3.8, 4) is 0 Å². The van der Waals surface area contributed by atoms with Crippen LogP contribution in [0.5, 0.6) is 0 Å². The maximum absolute atomic E-state index is 2.17. The number of hydrogen-bond donors (Lipinski definition) is 0. The van der Waals surface area contributed by atoms with Gasteiger partial charge in [0.05, 0.1) is 0 Å². The number of thioether (sulfide) groups is 4. The topological polar surface area (TPSA) is 0 Å². The lowest BCUT2D eigenvalue weighted by molar-refractivity contribution is 0.906. The minimum atomic E-state index is 1.03. The van der Waals surface area contributed by atoms with E-state index in [0.717, 1.165) is 10.5 Å². The van der Waals surface area contributed by atoms with Gasteiger partial charge in [-0.1, -0.05) is 0 Å². The van der Waals surface area contributed by atoms with Crippen LogP contribution in [-0.4, -0.2) is 45.0 Å². The Kier molecular flexibility index (Phi) is 5.83. The maximum Gasteiger partial charge on any atom is 0.0229 e. The van der Waals surface area contributed by atoms with Gasteiger partial charge in [-0.05, 0) is 24.3 Å². The van der Waals surface area contributed by atoms with Crippen molar-refractivity contribution < 1.29 is 0 Å². The van der Waals surface area contributed by atoms with Gasteiger partial charge < -0.3 is 0 Å². The predicted molar refractivity (Wildman–Crippen MR) is 76.4 cm³/mol. The van der Waals surface area contributed by atoms with Crippen molar-refractivity contribution in [2.75, 3.05) is 34.5 Å². The Bertz CT molecular complexity index is 136. The van der Waals surface area contributed by atoms with Crippen molar-refractivity contribution in [1.29, 1.82) is 0 Å². The molecule has 0 N–H and O–H groups in total. The van der Waals surface area contributed by atoms with Crippen LogP contribution in [0.1, 0.15) is 12.8 Å². The average molecular weight is 267 g/mol. The first-order chi connectivity index (χ1) is 6.95. The molecule has 0 aromatic heterocycles. The summed E-state index contributed by atoms with van der Waals surface area (Å²) in [6, 6.07) is 0. The zero-order valence-corrected chi connectivity index (χ0v) is 11.7. The molecule has 0 aromatic carbocycles. The van der Waals surface area contributed by atoms with Gasteiger partial charge in [0.25, 0.3) is 0 Å². The molecule has 0 aromatic rings. The zero-order valence-electron chi connectivity index (χ0n) is 8.44. The minimum absolute atomic E-state index is 1.03. The van der Waals surface area contributed by atoms with E-state index in [9.17, 15) is 0 Å². The standard InChI is InChI=1S/C10H18S4/c1(3-11-5-9-7-13-9)2-4-12-6-10-8-14-10/h9-10H,1-8H2. The van der Waals surface area contributed by atoms with Gasteiger partial charge in [0.1, 0.15) is 0 Å². The average Bonchev–Trinajstić information content (AvgIpc) is 3.00. The van der Waals surface area contributed by atoms with Crippen LogP contribution >= 0.6 is 47.0 Å². The van der Waals surface area contributed by atoms with Crippen LogP contribution in [0.25, 0.3) is 0 Å². The van der Waals surface area contributed by atoms with Gasteiger partial charge in [-0.2, -0.15) is 47.0 Å². The third kappa shape index (κ3) is 6.09. The molecule has 2 aliphatic rings. The van der Waals surface area contributed by atoms with E-state index in [1.54, 1.807) is 0 Å². The first kappa shape index (κ1) is 11.9. The van der Waals surface area contributed by atoms with Crippen molar-refractivity contribution in [2.24, 2.45) is 0 Å². The van der Waals surface area contributed by atoms with Crippen LogP contribution in [0, 0.1) is 0 Å². The summed E-state index contributed by atoms with van der Waals surface area (Å²) in [5, 5.41) is 2.06. The fourth-order valence-corrected chi connectivity index (χ4v) is 5.23. The van der Waals surface area contributed by atoms with Crippen LogP contribution in [0.2, 0.25) is 0 Å². The van der Waals surface area contributed by atoms with Crippen molar-refractivity contribution in [3.63, 3.8) is 0 Å². The van der Waals surface area contributed by atoms with Crippen molar-refractivity contribution in [1.82, 2.24) is 0 Å². The van der Waals surface area contributed by atoms with Crippen LogP contribution in [-0.2, 0) is 0 Å². The Balaban J connectivity index is 1.25. The van der Waals surface area contributed by atoms with Gasteiger partial charge in [-0.3, -0.25) is 0 Å². The molecule has 2 unspecified atom stereocenters. The first-order valence-electron chi connectivity index (χ1n) is 5.34. The Morgan fingerprint density at radius 3 is 1.64 bits per heavy atom. The molecule has 0 aliphatic carbocycles. The third-order valence-electron chi connectivity index (χ3n) is 2.24. The summed E-state index contributed by atoms with van der Waals surface area (Å²) in [4.78, 5) is 0. The molecule has 2 aliphatic heterocycles. The first-order valence-corrected chi connectivity index (χ1v) is 9.74. The Labute approximate surface area is 105 Å². The maximum atomic E-state index is 2.17. The molecule has 0 bridgehead atoms. The number of rotatable bonds is 9. The largest absolute Gasteiger partial charge is 0.161 e. The van der Waals surface area contributed by atoms with E-state index in [1.165, 1.54) is 47.4 Å². The number of hydrogen-bond acceptors (Lipinski definition) is 4. The van der Waals surface area contributed by atoms with E-state index in [2.05, 4.69) is 47.0 Å². The normalized spacial score (nSPS) is 29.1. The Morgan fingerprint density at radius 1 is 0.857 bits per heavy atom. The molecule has 0 nitrogen and oxygen atoms in total. The second-order valence-corrected chi connectivity index (χ2v) is 8.73. The van der Waals surface area contributed by atoms with Gasteiger partial charge in [0, 0.05) is 33.5 Å². The summed E-state index contributed by atoms with van der Waals surface area (Å²) in [7, 11) is 0. The molecule has 14 heavy (non-hydrogen) atoms. The molecule has 0 radical (unpaired) electrons. The van der Waals surface area contributed by atoms with Gasteiger partial charge in [0.2, 0.25) is 0 Å². The summed E-state index contributed by atoms with van der Waals surface area (Å²) in [6.45, 7) is 0. The van der Waals surface area contributed by atoms with Crippen LogP contribution in [0.15, 0.2) is 0 Å². The number of unbranched alkanes of at least 4 members (excludes halogenated alkanes) is 1. The fraction of sp³-hybridized carbons (Fsp3) is 1.00. The second-order valence-electron chi connectivity index (χ2n) is 3.77. The molecule has 2 heterocycles. The highest BCUT2D eigenvalue weighted by Crippen LogP contribution is 2.34. The molecular weight excluding hydrogens is 248 g/mol. The highest BCUT2D eigenvalue weighted by Gasteiger charge is 2.22. The van der Waals surface area contributed by atoms with Gasteiger partial charge in [-0.25, -0.2) is 0 Å². The lowest BCUT2D eigenvalue weighted by atomic mass is 10.4. The van der Waals surface area contributed by atoms with Gasteiger partial charge in [-0.15, -0.1) is 0 Å². The summed E-state index contributed by atoms with van der Waals surface area (Å²) in [6.07, 6.45) is 2.87. The molecular formula is C10H18S4. The SMILES string of the molecule is C(CCSCC1CS1)CSCC1CS1. The smallest absolute Gasteiger partial charge is 0.0229 e. The Hall–Kier alpha value is 1.40. The summed E-state index contributed by atoms with van der Waals surface area (Å²) >= 11 is 8.58. The molecule has 2 atom stereocenters. The zero-order chi connectivity index (χ0) is 9.64. The van der Waals surface area contributed by atoms with E-state index in [-0.39, 0.29) is 0 Å². The predicted octanol–water partition coefficient (Wildman–Crippen LogP) is 3.46. The van der Waals surface area contributed by atoms with Crippen molar-refractivity contribution in [3.05, 3.63) is 0 Å². The van der Waals surface area contributed by atoms with Gasteiger partial charge in [0.15, 0.2) is 0 Å². The van der Waals surface area contributed by atoms with Crippen molar-refractivity contribution >= 4 is 47.0 Å². The highest BCUT2D eigenvalue weighted by molar-refractivity contribution is 8.09. The third-order valence-corrected chi connectivity index (χ3v) is 7.04. The van der Waals surface area contributed by atoms with E-state index < -0.39 is 0 Å². The van der Waals surface area contributed by atoms with Crippen LogP contribution in [0.4, 0.5) is 0 Å². The molecule has 82 valence electrons. The monoisotopic (exact) mass is 266 g/mol. The quantitative estimate of drug-likeness (QED) is 0.463. The van der Waals surface area contributed by atoms with Gasteiger partial charge >= 0.3 is 0 Å². The molecule has 0 spiro atoms. The molecule has 4 heteroatoms. The fourth-order valence-electron chi connectivity index (χ4n) is 1.17. The molecule has 0 saturated carbocycles. The molecule has 0 amide bonds. The highest BCUT2D eigenvalue weighted by atomic mass is 32.2. The Morgan fingerprint density at radius 2 is 1.29 bits per heavy atom. The lowest BCUT2D eigenvalue weighted by Crippen LogP contribution is -1.92. The summed E-state index contributed by atoms with van der Waals surface area (Å²) in [5.74, 6) is 8.49. The molecule has 2 rings (SSSR count). The van der Waals surface area contributed by atoms with E-state index in [1.807, 2.05) is 0 Å². The minimum Gasteiger partial charge on any atom is -0.161 e.